The van der Waals surface area contributed by atoms with E-state index in [0.717, 1.165) is 0 Å². The predicted molar refractivity (Wildman–Crippen MR) is 159 cm³/mol. The van der Waals surface area contributed by atoms with Crippen LogP contribution >= 0.6 is 0 Å². The number of hydrogen-bond acceptors (Lipinski definition) is 3. The average molecular weight is 885 g/mol. The van der Waals surface area contributed by atoms with Crippen LogP contribution in [0.1, 0.15) is 0 Å². The molecule has 1 heterocycles. The Hall–Kier alpha value is -6.63. The standard InChI is InChI=1S/C30BF21O3.C4H5N/c32-7-1-4(13(38)19(44)16(7)41)28(25(50)22(47)10(1)35)53-31(54-29-5-2(11(36)23(48)26(29)51)8(33)17(42)20(45)14(5)39)55-30-6-3(12(37)24(49)27(30)52)9(34)18(43)21(46)15(6)40;1-2-4-5-3-1/h;1-5H. The molecule has 0 saturated heterocycles. The fourth-order valence-corrected chi connectivity index (χ4v) is 5.37. The van der Waals surface area contributed by atoms with Gasteiger partial charge in [-0.3, -0.25) is 0 Å². The van der Waals surface area contributed by atoms with E-state index in [1.165, 1.54) is 0 Å². The van der Waals surface area contributed by atoms with Gasteiger partial charge in [0.2, 0.25) is 17.5 Å². The van der Waals surface area contributed by atoms with Crippen molar-refractivity contribution in [3.8, 4) is 17.2 Å². The third-order valence-corrected chi connectivity index (χ3v) is 8.03. The molecule has 0 aliphatic carbocycles. The summed E-state index contributed by atoms with van der Waals surface area (Å²) in [7, 11) is -4.20. The summed E-state index contributed by atoms with van der Waals surface area (Å²) in [4.78, 5) is 2.86. The lowest BCUT2D eigenvalue weighted by Crippen LogP contribution is -2.38. The van der Waals surface area contributed by atoms with Gasteiger partial charge in [0, 0.05) is 12.4 Å². The highest BCUT2D eigenvalue weighted by Crippen LogP contribution is 2.44. The zero-order valence-corrected chi connectivity index (χ0v) is 27.5. The van der Waals surface area contributed by atoms with E-state index in [4.69, 9.17) is 0 Å². The Labute approximate surface area is 315 Å². The average Bonchev–Trinajstić information content (AvgIpc) is 3.82. The number of aromatic nitrogens is 1. The number of nitrogens with one attached hydrogen (secondary N) is 1. The monoisotopic (exact) mass is 885 g/mol. The largest absolute Gasteiger partial charge is 0.864 e. The van der Waals surface area contributed by atoms with Gasteiger partial charge in [-0.25, -0.2) is 79.0 Å². The molecule has 0 fully saturated rings. The lowest BCUT2D eigenvalue weighted by Gasteiger charge is -2.22. The molecule has 0 radical (unpaired) electrons. The van der Waals surface area contributed by atoms with E-state index >= 15 is 13.2 Å². The van der Waals surface area contributed by atoms with Crippen LogP contribution in [0.3, 0.4) is 0 Å². The predicted octanol–water partition coefficient (Wildman–Crippen LogP) is 11.6. The maximum absolute atomic E-state index is 15.2. The maximum atomic E-state index is 15.2. The zero-order valence-electron chi connectivity index (χ0n) is 27.5. The fraction of sp³-hybridized carbons (Fsp3) is 0. The summed E-state index contributed by atoms with van der Waals surface area (Å²) in [5.41, 5.74) is 0. The first-order valence-corrected chi connectivity index (χ1v) is 15.1. The van der Waals surface area contributed by atoms with Crippen molar-refractivity contribution in [2.24, 2.45) is 0 Å². The SMILES string of the molecule is Fc1c(F)c(F)c2c(OB(Oc3c(F)c(F)c(F)c4c(F)c(F)c(F)c(F)c34)Oc3c(F)c(F)c(F)c4c(F)c(F)c(F)c(F)c34)c(F)c(F)c(F)c2c1F.c1cc[nH]c1. The molecule has 0 saturated carbocycles. The van der Waals surface area contributed by atoms with Crippen LogP contribution in [-0.2, 0) is 0 Å². The second-order valence-electron chi connectivity index (χ2n) is 11.4. The van der Waals surface area contributed by atoms with Crippen LogP contribution in [0.2, 0.25) is 0 Å². The Morgan fingerprint density at radius 2 is 0.433 bits per heavy atom. The van der Waals surface area contributed by atoms with Gasteiger partial charge in [0.1, 0.15) is 0 Å². The lowest BCUT2D eigenvalue weighted by atomic mass is 10.0. The summed E-state index contributed by atoms with van der Waals surface area (Å²) in [6.45, 7) is 0. The molecule has 0 aliphatic heterocycles. The number of fused-ring (bicyclic) bond motifs is 3. The fourth-order valence-electron chi connectivity index (χ4n) is 5.37. The number of benzene rings is 6. The minimum absolute atomic E-state index is 1.88. The molecule has 1 aromatic heterocycles. The molecule has 314 valence electrons. The summed E-state index contributed by atoms with van der Waals surface area (Å²) in [5.74, 6) is -70.7. The van der Waals surface area contributed by atoms with Crippen LogP contribution in [0.15, 0.2) is 24.5 Å². The molecule has 0 unspecified atom stereocenters. The van der Waals surface area contributed by atoms with Crippen molar-refractivity contribution in [1.29, 1.82) is 0 Å². The second-order valence-corrected chi connectivity index (χ2v) is 11.4. The molecular formula is C34H5BF21NO3. The van der Waals surface area contributed by atoms with Gasteiger partial charge >= 0.3 is 7.32 Å². The van der Waals surface area contributed by atoms with Gasteiger partial charge in [0.15, 0.2) is 122 Å². The molecule has 60 heavy (non-hydrogen) atoms. The normalized spacial score (nSPS) is 11.4. The van der Waals surface area contributed by atoms with E-state index in [1.807, 2.05) is 24.5 Å². The molecule has 1 N–H and O–H groups in total. The Morgan fingerprint density at radius 3 is 0.617 bits per heavy atom. The van der Waals surface area contributed by atoms with E-state index in [2.05, 4.69) is 18.9 Å². The van der Waals surface area contributed by atoms with Crippen molar-refractivity contribution in [3.05, 3.63) is 147 Å². The van der Waals surface area contributed by atoms with Crippen LogP contribution < -0.4 is 14.0 Å². The molecule has 0 bridgehead atoms. The van der Waals surface area contributed by atoms with Crippen LogP contribution in [0.25, 0.3) is 32.3 Å². The quantitative estimate of drug-likeness (QED) is 0.0783. The van der Waals surface area contributed by atoms with Crippen LogP contribution in [-0.4, -0.2) is 12.3 Å². The van der Waals surface area contributed by atoms with Crippen LogP contribution in [0, 0.1) is 122 Å². The smallest absolute Gasteiger partial charge is 0.486 e. The summed E-state index contributed by atoms with van der Waals surface area (Å²) < 4.78 is 319. The van der Waals surface area contributed by atoms with Gasteiger partial charge in [-0.2, -0.15) is 13.2 Å². The highest BCUT2D eigenvalue weighted by atomic mass is 19.2. The van der Waals surface area contributed by atoms with Crippen molar-refractivity contribution < 1.29 is 106 Å². The van der Waals surface area contributed by atoms with Crippen molar-refractivity contribution in [3.63, 3.8) is 0 Å². The Kier molecular flexibility index (Phi) is 11.1. The summed E-state index contributed by atoms with van der Waals surface area (Å²) >= 11 is 0. The van der Waals surface area contributed by atoms with Gasteiger partial charge in [-0.1, -0.05) is 0 Å². The second kappa shape index (κ2) is 15.5. The Bertz CT molecular complexity index is 2610. The first kappa shape index (κ1) is 43.0. The Balaban J connectivity index is 0.00000112. The number of hydrogen-bond donors (Lipinski definition) is 1. The molecule has 7 rings (SSSR count). The highest BCUT2D eigenvalue weighted by molar-refractivity contribution is 6.40. The van der Waals surface area contributed by atoms with Crippen molar-refractivity contribution in [1.82, 2.24) is 4.98 Å². The summed E-state index contributed by atoms with van der Waals surface area (Å²) in [5, 5.41) is -14.7. The third-order valence-electron chi connectivity index (χ3n) is 8.03. The van der Waals surface area contributed by atoms with Crippen LogP contribution in [0.5, 0.6) is 17.2 Å². The molecular weight excluding hydrogens is 880 g/mol. The molecule has 0 atom stereocenters. The van der Waals surface area contributed by atoms with Crippen molar-refractivity contribution in [2.75, 3.05) is 0 Å². The van der Waals surface area contributed by atoms with Gasteiger partial charge < -0.3 is 18.9 Å². The van der Waals surface area contributed by atoms with E-state index in [0.29, 0.717) is 0 Å². The molecule has 26 heteroatoms. The molecule has 6 aromatic carbocycles. The zero-order chi connectivity index (χ0) is 44.6. The van der Waals surface area contributed by atoms with E-state index in [1.54, 1.807) is 0 Å². The third kappa shape index (κ3) is 6.43. The topological polar surface area (TPSA) is 43.5 Å². The van der Waals surface area contributed by atoms with Gasteiger partial charge in [-0.05, 0) is 12.1 Å². The lowest BCUT2D eigenvalue weighted by molar-refractivity contribution is 0.281. The number of H-pyrrole nitrogens is 1. The highest BCUT2D eigenvalue weighted by Gasteiger charge is 2.43. The first-order chi connectivity index (χ1) is 28.1. The van der Waals surface area contributed by atoms with Gasteiger partial charge in [-0.15, -0.1) is 0 Å². The number of rotatable bonds is 6. The van der Waals surface area contributed by atoms with E-state index < -0.39 is 179 Å². The minimum atomic E-state index is -4.20. The van der Waals surface area contributed by atoms with Gasteiger partial charge in [0.05, 0.1) is 32.3 Å². The first-order valence-electron chi connectivity index (χ1n) is 15.1. The molecule has 0 aliphatic rings. The molecule has 0 spiro atoms. The summed E-state index contributed by atoms with van der Waals surface area (Å²) in [6, 6.07) is 3.89. The van der Waals surface area contributed by atoms with Crippen molar-refractivity contribution >= 4 is 39.6 Å². The molecule has 4 nitrogen and oxygen atoms in total. The molecule has 7 aromatic rings. The number of aromatic amines is 1. The number of halogens is 21. The van der Waals surface area contributed by atoms with E-state index in [-0.39, 0.29) is 0 Å². The van der Waals surface area contributed by atoms with Crippen molar-refractivity contribution in [2.45, 2.75) is 0 Å². The minimum Gasteiger partial charge on any atom is -0.486 e. The molecule has 0 amide bonds. The van der Waals surface area contributed by atoms with E-state index in [9.17, 15) is 79.0 Å². The maximum Gasteiger partial charge on any atom is 0.864 e. The van der Waals surface area contributed by atoms with Crippen LogP contribution in [0.4, 0.5) is 92.2 Å². The summed E-state index contributed by atoms with van der Waals surface area (Å²) in [6.07, 6.45) is 3.75. The Morgan fingerprint density at radius 1 is 0.250 bits per heavy atom. The van der Waals surface area contributed by atoms with Gasteiger partial charge in [0.25, 0.3) is 0 Å².